The lowest BCUT2D eigenvalue weighted by molar-refractivity contribution is -0.394. The largest absolute Gasteiger partial charge is 0.491 e. The predicted molar refractivity (Wildman–Crippen MR) is 66.3 cm³/mol. The zero-order valence-corrected chi connectivity index (χ0v) is 10.9. The van der Waals surface area contributed by atoms with E-state index in [1.165, 1.54) is 18.4 Å². The molecule has 0 aliphatic rings. The topological polar surface area (TPSA) is 113 Å². The van der Waals surface area contributed by atoms with E-state index in [1.807, 2.05) is 0 Å². The molecule has 9 nitrogen and oxygen atoms in total. The number of furan rings is 1. The summed E-state index contributed by atoms with van der Waals surface area (Å²) >= 11 is 0. The van der Waals surface area contributed by atoms with Gasteiger partial charge in [-0.2, -0.15) is 13.2 Å². The van der Waals surface area contributed by atoms with Crippen molar-refractivity contribution in [1.82, 2.24) is 24.7 Å². The van der Waals surface area contributed by atoms with Crippen LogP contribution in [-0.4, -0.2) is 29.7 Å². The molecule has 3 rings (SSSR count). The minimum Gasteiger partial charge on any atom is -0.463 e. The molecule has 0 fully saturated rings. The molecule has 3 aromatic heterocycles. The van der Waals surface area contributed by atoms with E-state index in [1.54, 1.807) is 0 Å². The highest BCUT2D eigenvalue weighted by atomic mass is 19.4. The van der Waals surface area contributed by atoms with Gasteiger partial charge in [0.05, 0.1) is 6.26 Å². The molecule has 3 heterocycles. The molecule has 0 saturated heterocycles. The van der Waals surface area contributed by atoms with E-state index in [0.717, 1.165) is 6.33 Å². The Morgan fingerprint density at radius 1 is 1.30 bits per heavy atom. The molecule has 118 valence electrons. The van der Waals surface area contributed by atoms with Crippen molar-refractivity contribution >= 4 is 5.95 Å². The molecule has 0 bridgehead atoms. The summed E-state index contributed by atoms with van der Waals surface area (Å²) in [6.45, 7) is 0. The fraction of sp³-hybridized carbons (Fsp3) is 0.0909. The molecule has 0 amide bonds. The highest BCUT2D eigenvalue weighted by Gasteiger charge is 2.34. The number of nitrogens with zero attached hydrogens (tertiary/aromatic N) is 6. The number of nitro groups is 1. The predicted octanol–water partition coefficient (Wildman–Crippen LogP) is 2.24. The third-order valence-corrected chi connectivity index (χ3v) is 2.63. The van der Waals surface area contributed by atoms with Crippen LogP contribution in [0.2, 0.25) is 0 Å². The molecular formula is C11H5F3N6O3. The number of aromatic nitrogens is 5. The summed E-state index contributed by atoms with van der Waals surface area (Å²) < 4.78 is 44.6. The number of rotatable bonds is 3. The van der Waals surface area contributed by atoms with Gasteiger partial charge in [-0.1, -0.05) is 4.98 Å². The maximum Gasteiger partial charge on any atom is 0.491 e. The fourth-order valence-electron chi connectivity index (χ4n) is 1.67. The van der Waals surface area contributed by atoms with Crippen LogP contribution >= 0.6 is 0 Å². The average Bonchev–Trinajstić information content (AvgIpc) is 3.17. The molecule has 0 N–H and O–H groups in total. The highest BCUT2D eigenvalue weighted by molar-refractivity contribution is 5.53. The molecule has 0 aliphatic carbocycles. The lowest BCUT2D eigenvalue weighted by atomic mass is 10.2. The van der Waals surface area contributed by atoms with Crippen LogP contribution in [0.1, 0.15) is 5.69 Å². The van der Waals surface area contributed by atoms with Crippen LogP contribution < -0.4 is 0 Å². The second-order valence-corrected chi connectivity index (χ2v) is 4.16. The monoisotopic (exact) mass is 326 g/mol. The number of halogens is 3. The quantitative estimate of drug-likeness (QED) is 0.535. The van der Waals surface area contributed by atoms with Crippen LogP contribution in [0, 0.1) is 10.1 Å². The van der Waals surface area contributed by atoms with E-state index >= 15 is 0 Å². The van der Waals surface area contributed by atoms with Crippen molar-refractivity contribution < 1.29 is 22.5 Å². The third kappa shape index (κ3) is 2.86. The van der Waals surface area contributed by atoms with Gasteiger partial charge >= 0.3 is 12.1 Å². The van der Waals surface area contributed by atoms with Gasteiger partial charge in [0.2, 0.25) is 6.33 Å². The van der Waals surface area contributed by atoms with E-state index in [4.69, 9.17) is 4.42 Å². The Bertz CT molecular complexity index is 858. The summed E-state index contributed by atoms with van der Waals surface area (Å²) in [4.78, 5) is 20.2. The maximum atomic E-state index is 13.0. The van der Waals surface area contributed by atoms with Gasteiger partial charge in [-0.15, -0.1) is 4.68 Å². The SMILES string of the molecule is O=[N+]([O-])c1ncn(-c2nc(-c3ccco3)cc(C(F)(F)F)n2)n1. The number of alkyl halides is 3. The molecule has 0 unspecified atom stereocenters. The first-order chi connectivity index (χ1) is 10.8. The molecule has 0 saturated carbocycles. The molecule has 12 heteroatoms. The normalized spacial score (nSPS) is 11.6. The smallest absolute Gasteiger partial charge is 0.463 e. The molecule has 0 aliphatic heterocycles. The van der Waals surface area contributed by atoms with Crippen molar-refractivity contribution in [2.45, 2.75) is 6.18 Å². The maximum absolute atomic E-state index is 13.0. The molecule has 0 aromatic carbocycles. The van der Waals surface area contributed by atoms with Crippen LogP contribution in [0.25, 0.3) is 17.4 Å². The number of hydrogen-bond acceptors (Lipinski definition) is 7. The first-order valence-electron chi connectivity index (χ1n) is 5.91. The Kier molecular flexibility index (Phi) is 3.28. The second kappa shape index (κ2) is 5.15. The van der Waals surface area contributed by atoms with E-state index in [0.29, 0.717) is 10.7 Å². The lowest BCUT2D eigenvalue weighted by Gasteiger charge is -2.08. The van der Waals surface area contributed by atoms with Gasteiger partial charge in [0.1, 0.15) is 5.69 Å². The lowest BCUT2D eigenvalue weighted by Crippen LogP contribution is -2.13. The van der Waals surface area contributed by atoms with Crippen molar-refractivity contribution in [2.75, 3.05) is 0 Å². The minimum absolute atomic E-state index is 0.0776. The summed E-state index contributed by atoms with van der Waals surface area (Å²) in [7, 11) is 0. The highest BCUT2D eigenvalue weighted by Crippen LogP contribution is 2.30. The van der Waals surface area contributed by atoms with Gasteiger partial charge in [0.15, 0.2) is 11.5 Å². The zero-order chi connectivity index (χ0) is 16.6. The summed E-state index contributed by atoms with van der Waals surface area (Å²) in [5, 5.41) is 14.0. The van der Waals surface area contributed by atoms with Crippen LogP contribution in [0.15, 0.2) is 35.2 Å². The Morgan fingerprint density at radius 3 is 2.65 bits per heavy atom. The molecular weight excluding hydrogens is 321 g/mol. The first kappa shape index (κ1) is 14.6. The average molecular weight is 326 g/mol. The van der Waals surface area contributed by atoms with Crippen molar-refractivity contribution in [1.29, 1.82) is 0 Å². The van der Waals surface area contributed by atoms with E-state index in [-0.39, 0.29) is 11.5 Å². The molecule has 0 atom stereocenters. The van der Waals surface area contributed by atoms with Gasteiger partial charge in [-0.05, 0) is 23.1 Å². The van der Waals surface area contributed by atoms with Crippen LogP contribution in [0.5, 0.6) is 0 Å². The van der Waals surface area contributed by atoms with Crippen LogP contribution in [-0.2, 0) is 6.18 Å². The van der Waals surface area contributed by atoms with Gasteiger partial charge in [-0.3, -0.25) is 0 Å². The fourth-order valence-corrected chi connectivity index (χ4v) is 1.67. The zero-order valence-electron chi connectivity index (χ0n) is 10.9. The van der Waals surface area contributed by atoms with Gasteiger partial charge in [0, 0.05) is 5.10 Å². The van der Waals surface area contributed by atoms with Gasteiger partial charge in [-0.25, -0.2) is 9.97 Å². The van der Waals surface area contributed by atoms with Crippen molar-refractivity contribution in [2.24, 2.45) is 0 Å². The first-order valence-corrected chi connectivity index (χ1v) is 5.91. The Morgan fingerprint density at radius 2 is 2.09 bits per heavy atom. The third-order valence-electron chi connectivity index (χ3n) is 2.63. The second-order valence-electron chi connectivity index (χ2n) is 4.16. The van der Waals surface area contributed by atoms with Crippen LogP contribution in [0.4, 0.5) is 19.1 Å². The molecule has 0 radical (unpaired) electrons. The van der Waals surface area contributed by atoms with Crippen molar-refractivity contribution in [3.63, 3.8) is 0 Å². The van der Waals surface area contributed by atoms with Crippen LogP contribution in [0.3, 0.4) is 0 Å². The minimum atomic E-state index is -4.74. The Labute approximate surface area is 124 Å². The van der Waals surface area contributed by atoms with Crippen molar-refractivity contribution in [3.05, 3.63) is 46.6 Å². The molecule has 3 aromatic rings. The Balaban J connectivity index is 2.15. The molecule has 0 spiro atoms. The summed E-state index contributed by atoms with van der Waals surface area (Å²) in [6.07, 6.45) is -2.63. The summed E-state index contributed by atoms with van der Waals surface area (Å²) in [6, 6.07) is 3.59. The molecule has 23 heavy (non-hydrogen) atoms. The van der Waals surface area contributed by atoms with E-state index in [2.05, 4.69) is 20.1 Å². The van der Waals surface area contributed by atoms with Gasteiger partial charge < -0.3 is 14.5 Å². The summed E-state index contributed by atoms with van der Waals surface area (Å²) in [5.74, 6) is -1.23. The van der Waals surface area contributed by atoms with E-state index < -0.39 is 28.7 Å². The van der Waals surface area contributed by atoms with E-state index in [9.17, 15) is 23.3 Å². The Hall–Kier alpha value is -3.31. The standard InChI is InChI=1S/C11H5F3N6O3/c12-11(13,14)8-4-6(7-2-1-3-23-7)16-10(17-8)19-5-15-9(18-19)20(21)22/h1-5H. The summed E-state index contributed by atoms with van der Waals surface area (Å²) in [5.41, 5.74) is -1.39. The number of hydrogen-bond donors (Lipinski definition) is 0. The van der Waals surface area contributed by atoms with Crippen molar-refractivity contribution in [3.8, 4) is 17.4 Å². The van der Waals surface area contributed by atoms with Gasteiger partial charge in [0.25, 0.3) is 5.95 Å².